The topological polar surface area (TPSA) is 64.7 Å². The molecule has 1 aliphatic heterocycles. The van der Waals surface area contributed by atoms with Crippen molar-refractivity contribution in [1.82, 2.24) is 20.4 Å². The molecule has 0 spiro atoms. The Morgan fingerprint density at radius 1 is 1.03 bits per heavy atom. The van der Waals surface area contributed by atoms with Gasteiger partial charge in [0.25, 0.3) is 0 Å². The van der Waals surface area contributed by atoms with Crippen LogP contribution < -0.4 is 10.6 Å². The number of amides is 2. The van der Waals surface area contributed by atoms with E-state index in [1.807, 2.05) is 6.07 Å². The summed E-state index contributed by atoms with van der Waals surface area (Å²) in [6.45, 7) is 4.42. The fourth-order valence-electron chi connectivity index (χ4n) is 3.86. The van der Waals surface area contributed by atoms with Crippen LogP contribution in [0, 0.1) is 5.82 Å². The molecule has 0 aliphatic carbocycles. The van der Waals surface area contributed by atoms with Gasteiger partial charge in [0.15, 0.2) is 0 Å². The second kappa shape index (κ2) is 11.6. The first kappa shape index (κ1) is 22.9. The Morgan fingerprint density at radius 3 is 2.61 bits per heavy atom. The molecule has 0 aromatic heterocycles. The number of carbonyl (C=O) groups excluding carboxylic acids is 2. The molecule has 6 nitrogen and oxygen atoms in total. The average molecular weight is 427 g/mol. The quantitative estimate of drug-likeness (QED) is 0.602. The molecular formula is C24H31FN4O2. The SMILES string of the molecule is CN1CCN(CCCNC(=O)CNC(=O)Cc2cccc(F)c2)[C@H](c2ccccc2)C1. The van der Waals surface area contributed by atoms with Crippen LogP contribution in [0.5, 0.6) is 0 Å². The molecule has 31 heavy (non-hydrogen) atoms. The van der Waals surface area contributed by atoms with Crippen LogP contribution in [0.1, 0.15) is 23.6 Å². The van der Waals surface area contributed by atoms with Crippen LogP contribution in [0.3, 0.4) is 0 Å². The van der Waals surface area contributed by atoms with Gasteiger partial charge >= 0.3 is 0 Å². The van der Waals surface area contributed by atoms with Gasteiger partial charge in [0.1, 0.15) is 5.82 Å². The Morgan fingerprint density at radius 2 is 1.84 bits per heavy atom. The maximum atomic E-state index is 13.2. The summed E-state index contributed by atoms with van der Waals surface area (Å²) in [5, 5.41) is 5.45. The lowest BCUT2D eigenvalue weighted by Gasteiger charge is -2.40. The minimum atomic E-state index is -0.377. The molecule has 166 valence electrons. The molecule has 1 atom stereocenters. The van der Waals surface area contributed by atoms with Crippen molar-refractivity contribution < 1.29 is 14.0 Å². The van der Waals surface area contributed by atoms with E-state index < -0.39 is 0 Å². The van der Waals surface area contributed by atoms with Crippen molar-refractivity contribution in [3.05, 3.63) is 71.5 Å². The zero-order valence-electron chi connectivity index (χ0n) is 18.0. The van der Waals surface area contributed by atoms with Crippen molar-refractivity contribution in [1.29, 1.82) is 0 Å². The van der Waals surface area contributed by atoms with E-state index in [2.05, 4.69) is 51.7 Å². The predicted molar refractivity (Wildman–Crippen MR) is 119 cm³/mol. The summed E-state index contributed by atoms with van der Waals surface area (Å²) in [6.07, 6.45) is 0.894. The number of piperazine rings is 1. The van der Waals surface area contributed by atoms with Gasteiger partial charge < -0.3 is 15.5 Å². The lowest BCUT2D eigenvalue weighted by atomic mass is 10.0. The highest BCUT2D eigenvalue weighted by Gasteiger charge is 2.25. The molecule has 1 aliphatic rings. The Balaban J connectivity index is 1.35. The second-order valence-corrected chi connectivity index (χ2v) is 8.01. The van der Waals surface area contributed by atoms with Crippen LogP contribution in [0.4, 0.5) is 4.39 Å². The number of nitrogens with zero attached hydrogens (tertiary/aromatic N) is 2. The molecule has 2 aromatic rings. The standard InChI is InChI=1S/C24H31FN4O2/c1-28-13-14-29(22(18-28)20-8-3-2-4-9-20)12-6-11-26-24(31)17-27-23(30)16-19-7-5-10-21(25)15-19/h2-5,7-10,15,22H,6,11-14,16-18H2,1H3,(H,26,31)(H,27,30)/t22-/m0/s1. The fourth-order valence-corrected chi connectivity index (χ4v) is 3.86. The van der Waals surface area contributed by atoms with Crippen molar-refractivity contribution in [2.45, 2.75) is 18.9 Å². The van der Waals surface area contributed by atoms with Gasteiger partial charge in [0.2, 0.25) is 11.8 Å². The molecule has 1 saturated heterocycles. The van der Waals surface area contributed by atoms with Gasteiger partial charge in [-0.05, 0) is 36.7 Å². The molecule has 2 amide bonds. The first-order valence-electron chi connectivity index (χ1n) is 10.8. The summed E-state index contributed by atoms with van der Waals surface area (Å²) in [5.74, 6) is -0.896. The summed E-state index contributed by atoms with van der Waals surface area (Å²) in [6, 6.07) is 16.8. The largest absolute Gasteiger partial charge is 0.355 e. The summed E-state index contributed by atoms with van der Waals surface area (Å²) in [4.78, 5) is 28.8. The molecule has 3 rings (SSSR count). The predicted octanol–water partition coefficient (Wildman–Crippen LogP) is 1.98. The molecule has 0 radical (unpaired) electrons. The Labute approximate surface area is 183 Å². The molecule has 2 N–H and O–H groups in total. The number of halogens is 1. The lowest BCUT2D eigenvalue weighted by molar-refractivity contribution is -0.125. The Bertz CT molecular complexity index is 862. The van der Waals surface area contributed by atoms with Crippen LogP contribution in [0.15, 0.2) is 54.6 Å². The van der Waals surface area contributed by atoms with E-state index in [0.717, 1.165) is 32.6 Å². The monoisotopic (exact) mass is 426 g/mol. The molecule has 1 fully saturated rings. The van der Waals surface area contributed by atoms with Crippen molar-refractivity contribution in [2.75, 3.05) is 46.3 Å². The van der Waals surface area contributed by atoms with Gasteiger partial charge in [0, 0.05) is 38.8 Å². The maximum absolute atomic E-state index is 13.2. The van der Waals surface area contributed by atoms with Crippen LogP contribution in [0.25, 0.3) is 0 Å². The van der Waals surface area contributed by atoms with Crippen molar-refractivity contribution >= 4 is 11.8 Å². The summed E-state index contributed by atoms with van der Waals surface area (Å²) < 4.78 is 13.2. The van der Waals surface area contributed by atoms with E-state index in [9.17, 15) is 14.0 Å². The number of carbonyl (C=O) groups is 2. The third kappa shape index (κ3) is 7.45. The molecule has 7 heteroatoms. The maximum Gasteiger partial charge on any atom is 0.239 e. The zero-order chi connectivity index (χ0) is 22.1. The zero-order valence-corrected chi connectivity index (χ0v) is 18.0. The van der Waals surface area contributed by atoms with E-state index in [0.29, 0.717) is 18.2 Å². The highest BCUT2D eigenvalue weighted by atomic mass is 19.1. The lowest BCUT2D eigenvalue weighted by Crippen LogP contribution is -2.47. The highest BCUT2D eigenvalue weighted by molar-refractivity contribution is 5.85. The van der Waals surface area contributed by atoms with E-state index in [1.165, 1.54) is 17.7 Å². The number of hydrogen-bond acceptors (Lipinski definition) is 4. The Hall–Kier alpha value is -2.77. The van der Waals surface area contributed by atoms with Crippen LogP contribution in [-0.4, -0.2) is 67.9 Å². The Kier molecular flexibility index (Phi) is 8.55. The van der Waals surface area contributed by atoms with Crippen molar-refractivity contribution in [3.63, 3.8) is 0 Å². The minimum absolute atomic E-state index is 0.0509. The van der Waals surface area contributed by atoms with Crippen LogP contribution >= 0.6 is 0 Å². The van der Waals surface area contributed by atoms with Crippen molar-refractivity contribution in [2.24, 2.45) is 0 Å². The molecule has 0 saturated carbocycles. The normalized spacial score (nSPS) is 17.3. The van der Waals surface area contributed by atoms with Gasteiger partial charge in [-0.3, -0.25) is 14.5 Å². The van der Waals surface area contributed by atoms with E-state index >= 15 is 0 Å². The first-order chi connectivity index (χ1) is 15.0. The summed E-state index contributed by atoms with van der Waals surface area (Å²) in [5.41, 5.74) is 1.90. The minimum Gasteiger partial charge on any atom is -0.355 e. The first-order valence-corrected chi connectivity index (χ1v) is 10.8. The van der Waals surface area contributed by atoms with Gasteiger partial charge in [-0.25, -0.2) is 4.39 Å². The third-order valence-electron chi connectivity index (χ3n) is 5.52. The van der Waals surface area contributed by atoms with Crippen molar-refractivity contribution in [3.8, 4) is 0 Å². The average Bonchev–Trinajstić information content (AvgIpc) is 2.76. The highest BCUT2D eigenvalue weighted by Crippen LogP contribution is 2.24. The number of rotatable bonds is 9. The van der Waals surface area contributed by atoms with E-state index in [4.69, 9.17) is 0 Å². The van der Waals surface area contributed by atoms with Gasteiger partial charge in [-0.2, -0.15) is 0 Å². The number of nitrogens with one attached hydrogen (secondary N) is 2. The molecule has 2 aromatic carbocycles. The molecule has 0 bridgehead atoms. The van der Waals surface area contributed by atoms with E-state index in [-0.39, 0.29) is 30.6 Å². The smallest absolute Gasteiger partial charge is 0.239 e. The molecule has 1 heterocycles. The second-order valence-electron chi connectivity index (χ2n) is 8.01. The van der Waals surface area contributed by atoms with E-state index in [1.54, 1.807) is 12.1 Å². The van der Waals surface area contributed by atoms with Crippen LogP contribution in [-0.2, 0) is 16.0 Å². The summed E-state index contributed by atoms with van der Waals surface area (Å²) >= 11 is 0. The van der Waals surface area contributed by atoms with Gasteiger partial charge in [-0.15, -0.1) is 0 Å². The van der Waals surface area contributed by atoms with Gasteiger partial charge in [-0.1, -0.05) is 42.5 Å². The fraction of sp³-hybridized carbons (Fsp3) is 0.417. The van der Waals surface area contributed by atoms with Crippen LogP contribution in [0.2, 0.25) is 0 Å². The molecule has 0 unspecified atom stereocenters. The third-order valence-corrected chi connectivity index (χ3v) is 5.52. The van der Waals surface area contributed by atoms with Gasteiger partial charge in [0.05, 0.1) is 13.0 Å². The number of hydrogen-bond donors (Lipinski definition) is 2. The summed E-state index contributed by atoms with van der Waals surface area (Å²) in [7, 11) is 2.15. The number of likely N-dealkylation sites (N-methyl/N-ethyl adjacent to an activating group) is 1. The molecular weight excluding hydrogens is 395 g/mol. The number of benzene rings is 2.